The van der Waals surface area contributed by atoms with Gasteiger partial charge in [-0.1, -0.05) is 0 Å². The number of rotatable bonds is 5. The number of nitrogens with one attached hydrogen (secondary N) is 1. The fourth-order valence-electron chi connectivity index (χ4n) is 2.35. The van der Waals surface area contributed by atoms with Crippen molar-refractivity contribution in [2.24, 2.45) is 0 Å². The molecule has 2 rings (SSSR count). The Morgan fingerprint density at radius 1 is 1.32 bits per heavy atom. The minimum absolute atomic E-state index is 0.230. The molecule has 0 aromatic heterocycles. The Balaban J connectivity index is 1.77. The third kappa shape index (κ3) is 5.62. The number of hydrogen-bond donors (Lipinski definition) is 1. The van der Waals surface area contributed by atoms with Gasteiger partial charge in [-0.25, -0.2) is 9.18 Å². The highest BCUT2D eigenvalue weighted by Crippen LogP contribution is 2.21. The second kappa shape index (κ2) is 7.72. The second-order valence-electron chi connectivity index (χ2n) is 7.11. The summed E-state index contributed by atoms with van der Waals surface area (Å²) in [4.78, 5) is 25.7. The first-order valence-electron chi connectivity index (χ1n) is 8.35. The van der Waals surface area contributed by atoms with Crippen molar-refractivity contribution in [2.45, 2.75) is 51.9 Å². The van der Waals surface area contributed by atoms with Crippen molar-refractivity contribution < 1.29 is 23.5 Å². The van der Waals surface area contributed by atoms with Gasteiger partial charge in [0.15, 0.2) is 0 Å². The van der Waals surface area contributed by atoms with Crippen LogP contribution >= 0.6 is 0 Å². The summed E-state index contributed by atoms with van der Waals surface area (Å²) in [6.45, 7) is 7.95. The van der Waals surface area contributed by atoms with Gasteiger partial charge in [-0.3, -0.25) is 9.69 Å². The summed E-state index contributed by atoms with van der Waals surface area (Å²) in [5.74, 6) is -0.0330. The topological polar surface area (TPSA) is 67.9 Å². The van der Waals surface area contributed by atoms with E-state index in [4.69, 9.17) is 9.47 Å². The molecule has 1 fully saturated rings. The SMILES string of the molecule is CC(CNC(=O)[C@H]1CCN1C(=O)OC(C)(C)C)Oc1ccc(F)cc1. The van der Waals surface area contributed by atoms with E-state index in [2.05, 4.69) is 5.32 Å². The Hall–Kier alpha value is -2.31. The lowest BCUT2D eigenvalue weighted by Gasteiger charge is -2.40. The average molecular weight is 352 g/mol. The predicted molar refractivity (Wildman–Crippen MR) is 90.8 cm³/mol. The van der Waals surface area contributed by atoms with Gasteiger partial charge in [0.2, 0.25) is 5.91 Å². The molecular formula is C18H25FN2O4. The summed E-state index contributed by atoms with van der Waals surface area (Å²) in [5, 5.41) is 2.78. The molecule has 1 aromatic rings. The molecule has 0 saturated carbocycles. The van der Waals surface area contributed by atoms with Gasteiger partial charge in [0.05, 0.1) is 6.54 Å². The largest absolute Gasteiger partial charge is 0.489 e. The Labute approximate surface area is 147 Å². The Bertz CT molecular complexity index is 612. The molecule has 7 heteroatoms. The molecule has 1 heterocycles. The number of benzene rings is 1. The minimum Gasteiger partial charge on any atom is -0.489 e. The summed E-state index contributed by atoms with van der Waals surface area (Å²) >= 11 is 0. The molecule has 0 spiro atoms. The number of amides is 2. The first kappa shape index (κ1) is 19.0. The normalized spacial score (nSPS) is 18.1. The van der Waals surface area contributed by atoms with Crippen molar-refractivity contribution in [3.05, 3.63) is 30.1 Å². The van der Waals surface area contributed by atoms with Gasteiger partial charge in [-0.15, -0.1) is 0 Å². The van der Waals surface area contributed by atoms with Crippen LogP contribution in [0.5, 0.6) is 5.75 Å². The Morgan fingerprint density at radius 2 is 1.96 bits per heavy atom. The summed E-state index contributed by atoms with van der Waals surface area (Å²) in [5.41, 5.74) is -0.592. The van der Waals surface area contributed by atoms with Crippen LogP contribution in [0.3, 0.4) is 0 Å². The van der Waals surface area contributed by atoms with Gasteiger partial charge in [0.25, 0.3) is 0 Å². The van der Waals surface area contributed by atoms with Crippen molar-refractivity contribution in [3.8, 4) is 5.75 Å². The number of likely N-dealkylation sites (tertiary alicyclic amines) is 1. The van der Waals surface area contributed by atoms with E-state index in [0.29, 0.717) is 18.7 Å². The standard InChI is InChI=1S/C18H25FN2O4/c1-12(24-14-7-5-13(19)6-8-14)11-20-16(22)15-9-10-21(15)17(23)25-18(2,3)4/h5-8,12,15H,9-11H2,1-4H3,(H,20,22)/t12?,15-/m1/s1. The fraction of sp³-hybridized carbons (Fsp3) is 0.556. The maximum absolute atomic E-state index is 12.9. The Morgan fingerprint density at radius 3 is 2.48 bits per heavy atom. The lowest BCUT2D eigenvalue weighted by molar-refractivity contribution is -0.130. The van der Waals surface area contributed by atoms with E-state index in [1.165, 1.54) is 29.2 Å². The number of hydrogen-bond acceptors (Lipinski definition) is 4. The quantitative estimate of drug-likeness (QED) is 0.885. The number of nitrogens with zero attached hydrogens (tertiary/aromatic N) is 1. The molecular weight excluding hydrogens is 327 g/mol. The van der Waals surface area contributed by atoms with Crippen molar-refractivity contribution in [1.29, 1.82) is 0 Å². The summed E-state index contributed by atoms with van der Waals surface area (Å²) in [7, 11) is 0. The van der Waals surface area contributed by atoms with Gasteiger partial charge in [0, 0.05) is 6.54 Å². The van der Waals surface area contributed by atoms with Crippen molar-refractivity contribution in [2.75, 3.05) is 13.1 Å². The summed E-state index contributed by atoms with van der Waals surface area (Å²) < 4.78 is 23.8. The molecule has 6 nitrogen and oxygen atoms in total. The highest BCUT2D eigenvalue weighted by molar-refractivity contribution is 5.87. The van der Waals surface area contributed by atoms with Crippen LogP contribution in [0.1, 0.15) is 34.1 Å². The van der Waals surface area contributed by atoms with Crippen LogP contribution in [-0.4, -0.2) is 47.7 Å². The maximum atomic E-state index is 12.9. The molecule has 2 atom stereocenters. The first-order valence-corrected chi connectivity index (χ1v) is 8.35. The molecule has 138 valence electrons. The van der Waals surface area contributed by atoms with Crippen LogP contribution in [0.2, 0.25) is 0 Å². The van der Waals surface area contributed by atoms with E-state index in [-0.39, 0.29) is 24.4 Å². The van der Waals surface area contributed by atoms with E-state index in [0.717, 1.165) is 0 Å². The monoisotopic (exact) mass is 352 g/mol. The minimum atomic E-state index is -0.592. The molecule has 1 aliphatic heterocycles. The van der Waals surface area contributed by atoms with Gasteiger partial charge in [-0.2, -0.15) is 0 Å². The zero-order valence-electron chi connectivity index (χ0n) is 15.0. The van der Waals surface area contributed by atoms with Crippen LogP contribution < -0.4 is 10.1 Å². The average Bonchev–Trinajstić information content (AvgIpc) is 2.44. The van der Waals surface area contributed by atoms with Gasteiger partial charge < -0.3 is 14.8 Å². The molecule has 1 aliphatic rings. The van der Waals surface area contributed by atoms with E-state index < -0.39 is 17.7 Å². The second-order valence-corrected chi connectivity index (χ2v) is 7.11. The van der Waals surface area contributed by atoms with Crippen LogP contribution in [0.25, 0.3) is 0 Å². The lowest BCUT2D eigenvalue weighted by Crippen LogP contribution is -2.59. The molecule has 1 N–H and O–H groups in total. The van der Waals surface area contributed by atoms with Crippen LogP contribution in [-0.2, 0) is 9.53 Å². The third-order valence-corrected chi connectivity index (χ3v) is 3.66. The number of halogens is 1. The maximum Gasteiger partial charge on any atom is 0.410 e. The van der Waals surface area contributed by atoms with E-state index in [9.17, 15) is 14.0 Å². The van der Waals surface area contributed by atoms with E-state index >= 15 is 0 Å². The number of carbonyl (C=O) groups is 2. The van der Waals surface area contributed by atoms with Crippen LogP contribution in [0, 0.1) is 5.82 Å². The molecule has 0 aliphatic carbocycles. The molecule has 1 aromatic carbocycles. The molecule has 2 amide bonds. The van der Waals surface area contributed by atoms with Gasteiger partial charge in [-0.05, 0) is 58.4 Å². The predicted octanol–water partition coefficient (Wildman–Crippen LogP) is 2.72. The lowest BCUT2D eigenvalue weighted by atomic mass is 10.0. The molecule has 25 heavy (non-hydrogen) atoms. The highest BCUT2D eigenvalue weighted by atomic mass is 19.1. The summed E-state index contributed by atoms with van der Waals surface area (Å²) in [6, 6.07) is 5.18. The molecule has 0 bridgehead atoms. The van der Waals surface area contributed by atoms with Crippen molar-refractivity contribution in [1.82, 2.24) is 10.2 Å². The number of ether oxygens (including phenoxy) is 2. The van der Waals surface area contributed by atoms with Gasteiger partial charge in [0.1, 0.15) is 29.3 Å². The van der Waals surface area contributed by atoms with Crippen LogP contribution in [0.15, 0.2) is 24.3 Å². The number of carbonyl (C=O) groups excluding carboxylic acids is 2. The van der Waals surface area contributed by atoms with Crippen molar-refractivity contribution >= 4 is 12.0 Å². The first-order chi connectivity index (χ1) is 11.7. The zero-order chi connectivity index (χ0) is 18.6. The Kier molecular flexibility index (Phi) is 5.87. The molecule has 1 unspecified atom stereocenters. The third-order valence-electron chi connectivity index (χ3n) is 3.66. The fourth-order valence-corrected chi connectivity index (χ4v) is 2.35. The smallest absolute Gasteiger partial charge is 0.410 e. The highest BCUT2D eigenvalue weighted by Gasteiger charge is 2.39. The zero-order valence-corrected chi connectivity index (χ0v) is 15.0. The van der Waals surface area contributed by atoms with E-state index in [1.54, 1.807) is 27.7 Å². The van der Waals surface area contributed by atoms with Crippen LogP contribution in [0.4, 0.5) is 9.18 Å². The summed E-state index contributed by atoms with van der Waals surface area (Å²) in [6.07, 6.45) is -0.155. The molecule has 1 saturated heterocycles. The van der Waals surface area contributed by atoms with Gasteiger partial charge >= 0.3 is 6.09 Å². The molecule has 0 radical (unpaired) electrons. The van der Waals surface area contributed by atoms with Crippen molar-refractivity contribution in [3.63, 3.8) is 0 Å². The van der Waals surface area contributed by atoms with E-state index in [1.807, 2.05) is 0 Å².